The summed E-state index contributed by atoms with van der Waals surface area (Å²) < 4.78 is 0. The first-order valence-corrected chi connectivity index (χ1v) is 10.2. The zero-order chi connectivity index (χ0) is 18.2. The number of anilines is 1. The Balaban J connectivity index is 1.36. The average Bonchev–Trinajstić information content (AvgIpc) is 3.09. The van der Waals surface area contributed by atoms with E-state index < -0.39 is 0 Å². The number of hydrogen-bond donors (Lipinski definition) is 1. The Labute approximate surface area is 159 Å². The second-order valence-electron chi connectivity index (χ2n) is 6.38. The average molecular weight is 369 g/mol. The first-order valence-electron chi connectivity index (χ1n) is 9.00. The van der Waals surface area contributed by atoms with Crippen molar-refractivity contribution < 1.29 is 9.59 Å². The number of rotatable bonds is 8. The van der Waals surface area contributed by atoms with E-state index >= 15 is 0 Å². The molecule has 136 valence electrons. The summed E-state index contributed by atoms with van der Waals surface area (Å²) in [6.45, 7) is 1.47. The minimum Gasteiger partial charge on any atom is -0.355 e. The van der Waals surface area contributed by atoms with Gasteiger partial charge in [0.05, 0.1) is 6.42 Å². The van der Waals surface area contributed by atoms with Crippen LogP contribution in [0.25, 0.3) is 0 Å². The van der Waals surface area contributed by atoms with Crippen LogP contribution < -0.4 is 10.2 Å². The van der Waals surface area contributed by atoms with Crippen molar-refractivity contribution in [3.63, 3.8) is 0 Å². The molecule has 1 aliphatic heterocycles. The molecule has 0 saturated carbocycles. The highest BCUT2D eigenvalue weighted by Crippen LogP contribution is 2.21. The van der Waals surface area contributed by atoms with Gasteiger partial charge in [-0.25, -0.2) is 0 Å². The molecule has 1 saturated heterocycles. The largest absolute Gasteiger partial charge is 0.355 e. The minimum atomic E-state index is 0.0373. The number of nitrogens with one attached hydrogen (secondary N) is 1. The predicted octanol–water partition coefficient (Wildman–Crippen LogP) is 3.41. The summed E-state index contributed by atoms with van der Waals surface area (Å²) >= 11 is 1.82. The molecular weight excluding hydrogens is 344 g/mol. The van der Waals surface area contributed by atoms with Gasteiger partial charge < -0.3 is 10.2 Å². The first-order chi connectivity index (χ1) is 12.7. The number of amides is 2. The van der Waals surface area contributed by atoms with Crippen LogP contribution in [0.2, 0.25) is 0 Å². The minimum absolute atomic E-state index is 0.0373. The molecular formula is C21H24N2O2S. The summed E-state index contributed by atoms with van der Waals surface area (Å²) in [6.07, 6.45) is 1.93. The number of thioether (sulfide) groups is 1. The molecule has 1 heterocycles. The topological polar surface area (TPSA) is 49.4 Å². The molecule has 5 heteroatoms. The lowest BCUT2D eigenvalue weighted by Gasteiger charge is -2.15. The van der Waals surface area contributed by atoms with Crippen LogP contribution in [-0.2, 0) is 21.8 Å². The van der Waals surface area contributed by atoms with Crippen LogP contribution >= 0.6 is 11.8 Å². The highest BCUT2D eigenvalue weighted by molar-refractivity contribution is 7.98. The second kappa shape index (κ2) is 9.43. The molecule has 1 fully saturated rings. The van der Waals surface area contributed by atoms with E-state index in [4.69, 9.17) is 0 Å². The zero-order valence-corrected chi connectivity index (χ0v) is 15.6. The van der Waals surface area contributed by atoms with E-state index in [1.165, 1.54) is 5.56 Å². The molecule has 0 radical (unpaired) electrons. The van der Waals surface area contributed by atoms with Gasteiger partial charge in [0, 0.05) is 36.7 Å². The fraction of sp³-hybridized carbons (Fsp3) is 0.333. The van der Waals surface area contributed by atoms with Crippen molar-refractivity contribution in [2.75, 3.05) is 23.7 Å². The number of hydrogen-bond acceptors (Lipinski definition) is 3. The lowest BCUT2D eigenvalue weighted by Crippen LogP contribution is -2.27. The summed E-state index contributed by atoms with van der Waals surface area (Å²) in [5.41, 5.74) is 3.20. The Morgan fingerprint density at radius 3 is 2.50 bits per heavy atom. The maximum Gasteiger partial charge on any atom is 0.227 e. The number of carbonyl (C=O) groups excluding carboxylic acids is 2. The van der Waals surface area contributed by atoms with Crippen molar-refractivity contribution in [1.82, 2.24) is 5.32 Å². The summed E-state index contributed by atoms with van der Waals surface area (Å²) in [5.74, 6) is 2.09. The molecule has 4 nitrogen and oxygen atoms in total. The third-order valence-corrected chi connectivity index (χ3v) is 5.40. The first kappa shape index (κ1) is 18.5. The van der Waals surface area contributed by atoms with Gasteiger partial charge in [0.2, 0.25) is 11.8 Å². The van der Waals surface area contributed by atoms with Crippen molar-refractivity contribution in [3.8, 4) is 0 Å². The van der Waals surface area contributed by atoms with Gasteiger partial charge in [0.1, 0.15) is 0 Å². The molecule has 0 spiro atoms. The van der Waals surface area contributed by atoms with E-state index in [0.717, 1.165) is 35.7 Å². The van der Waals surface area contributed by atoms with Crippen LogP contribution in [0, 0.1) is 0 Å². The molecule has 2 aromatic carbocycles. The van der Waals surface area contributed by atoms with E-state index in [-0.39, 0.29) is 11.8 Å². The summed E-state index contributed by atoms with van der Waals surface area (Å²) in [4.78, 5) is 25.6. The number of nitrogens with zero attached hydrogens (tertiary/aromatic N) is 1. The number of benzene rings is 2. The molecule has 26 heavy (non-hydrogen) atoms. The fourth-order valence-corrected chi connectivity index (χ4v) is 3.81. The van der Waals surface area contributed by atoms with Gasteiger partial charge in [-0.15, -0.1) is 0 Å². The van der Waals surface area contributed by atoms with Gasteiger partial charge in [0.25, 0.3) is 0 Å². The summed E-state index contributed by atoms with van der Waals surface area (Å²) in [5, 5.41) is 2.97. The van der Waals surface area contributed by atoms with Crippen molar-refractivity contribution in [2.24, 2.45) is 0 Å². The summed E-state index contributed by atoms with van der Waals surface area (Å²) in [6, 6.07) is 18.1. The van der Waals surface area contributed by atoms with Crippen LogP contribution in [0.5, 0.6) is 0 Å². The molecule has 0 aliphatic carbocycles. The SMILES string of the molecule is O=C(Cc1ccc(N2CCCC2=O)cc1)NCCSCc1ccccc1. The molecule has 0 bridgehead atoms. The fourth-order valence-electron chi connectivity index (χ4n) is 2.99. The Morgan fingerprint density at radius 2 is 1.81 bits per heavy atom. The molecule has 2 amide bonds. The predicted molar refractivity (Wildman–Crippen MR) is 107 cm³/mol. The van der Waals surface area contributed by atoms with Crippen LogP contribution in [0.3, 0.4) is 0 Å². The van der Waals surface area contributed by atoms with E-state index in [9.17, 15) is 9.59 Å². The third kappa shape index (κ3) is 5.36. The lowest BCUT2D eigenvalue weighted by atomic mass is 10.1. The molecule has 3 rings (SSSR count). The van der Waals surface area contributed by atoms with Gasteiger partial charge in [-0.05, 0) is 29.7 Å². The highest BCUT2D eigenvalue weighted by atomic mass is 32.2. The summed E-state index contributed by atoms with van der Waals surface area (Å²) in [7, 11) is 0. The molecule has 0 aromatic heterocycles. The van der Waals surface area contributed by atoms with Crippen molar-refractivity contribution >= 4 is 29.3 Å². The maximum absolute atomic E-state index is 12.1. The Bertz CT molecular complexity index is 731. The Kier molecular flexibility index (Phi) is 6.72. The molecule has 1 N–H and O–H groups in total. The van der Waals surface area contributed by atoms with Crippen molar-refractivity contribution in [2.45, 2.75) is 25.0 Å². The van der Waals surface area contributed by atoms with Gasteiger partial charge >= 0.3 is 0 Å². The number of carbonyl (C=O) groups is 2. The highest BCUT2D eigenvalue weighted by Gasteiger charge is 2.21. The third-order valence-electron chi connectivity index (χ3n) is 4.37. The normalized spacial score (nSPS) is 13.8. The van der Waals surface area contributed by atoms with Crippen LogP contribution in [0.15, 0.2) is 54.6 Å². The molecule has 0 atom stereocenters. The van der Waals surface area contributed by atoms with Crippen LogP contribution in [-0.4, -0.2) is 30.7 Å². The van der Waals surface area contributed by atoms with Crippen LogP contribution in [0.4, 0.5) is 5.69 Å². The van der Waals surface area contributed by atoms with E-state index in [0.29, 0.717) is 19.4 Å². The molecule has 0 unspecified atom stereocenters. The Hall–Kier alpha value is -2.27. The van der Waals surface area contributed by atoms with Crippen molar-refractivity contribution in [1.29, 1.82) is 0 Å². The van der Waals surface area contributed by atoms with Gasteiger partial charge in [0.15, 0.2) is 0 Å². The molecule has 2 aromatic rings. The lowest BCUT2D eigenvalue weighted by molar-refractivity contribution is -0.120. The zero-order valence-electron chi connectivity index (χ0n) is 14.8. The second-order valence-corrected chi connectivity index (χ2v) is 7.49. The van der Waals surface area contributed by atoms with Gasteiger partial charge in [-0.2, -0.15) is 11.8 Å². The molecule has 1 aliphatic rings. The van der Waals surface area contributed by atoms with Gasteiger partial charge in [-0.3, -0.25) is 9.59 Å². The van der Waals surface area contributed by atoms with E-state index in [1.807, 2.05) is 59.1 Å². The Morgan fingerprint density at radius 1 is 1.04 bits per heavy atom. The maximum atomic E-state index is 12.1. The monoisotopic (exact) mass is 368 g/mol. The van der Waals surface area contributed by atoms with Crippen molar-refractivity contribution in [3.05, 3.63) is 65.7 Å². The smallest absolute Gasteiger partial charge is 0.227 e. The quantitative estimate of drug-likeness (QED) is 0.727. The van der Waals surface area contributed by atoms with E-state index in [2.05, 4.69) is 17.4 Å². The van der Waals surface area contributed by atoms with Crippen LogP contribution in [0.1, 0.15) is 24.0 Å². The van der Waals surface area contributed by atoms with Gasteiger partial charge in [-0.1, -0.05) is 42.5 Å². The van der Waals surface area contributed by atoms with E-state index in [1.54, 1.807) is 0 Å². The standard InChI is InChI=1S/C21H24N2O2S/c24-20(22-12-14-26-16-18-5-2-1-3-6-18)15-17-8-10-19(11-9-17)23-13-4-7-21(23)25/h1-3,5-6,8-11H,4,7,12-16H2,(H,22,24).